The highest BCUT2D eigenvalue weighted by atomic mass is 79.9. The molecule has 0 saturated carbocycles. The molecule has 0 atom stereocenters. The van der Waals surface area contributed by atoms with E-state index in [0.717, 1.165) is 6.42 Å². The summed E-state index contributed by atoms with van der Waals surface area (Å²) in [7, 11) is 0. The van der Waals surface area contributed by atoms with Crippen LogP contribution in [0.25, 0.3) is 0 Å². The Bertz CT molecular complexity index is 232. The molecule has 0 nitrogen and oxygen atoms in total. The molecule has 11 heavy (non-hydrogen) atoms. The van der Waals surface area contributed by atoms with Crippen molar-refractivity contribution in [2.24, 2.45) is 5.41 Å². The second-order valence-electron chi connectivity index (χ2n) is 4.00. The highest BCUT2D eigenvalue weighted by Crippen LogP contribution is 2.26. The SMILES string of the molecule is CC(C)(C)Cc1csc(Br)c1. The zero-order valence-electron chi connectivity index (χ0n) is 7.15. The summed E-state index contributed by atoms with van der Waals surface area (Å²) in [5.74, 6) is 0. The zero-order valence-corrected chi connectivity index (χ0v) is 9.55. The second-order valence-corrected chi connectivity index (χ2v) is 6.29. The predicted octanol–water partition coefficient (Wildman–Crippen LogP) is 4.10. The van der Waals surface area contributed by atoms with Crippen LogP contribution in [0.15, 0.2) is 15.2 Å². The Morgan fingerprint density at radius 3 is 2.45 bits per heavy atom. The standard InChI is InChI=1S/C9H13BrS/c1-9(2,3)5-7-4-8(10)11-6-7/h4,6H,5H2,1-3H3. The Morgan fingerprint density at radius 2 is 2.09 bits per heavy atom. The predicted molar refractivity (Wildman–Crippen MR) is 55.2 cm³/mol. The van der Waals surface area contributed by atoms with Gasteiger partial charge in [-0.2, -0.15) is 0 Å². The van der Waals surface area contributed by atoms with E-state index in [1.165, 1.54) is 9.35 Å². The third-order valence-corrected chi connectivity index (χ3v) is 2.91. The zero-order chi connectivity index (χ0) is 8.48. The minimum absolute atomic E-state index is 0.403. The maximum atomic E-state index is 3.46. The van der Waals surface area contributed by atoms with Crippen molar-refractivity contribution < 1.29 is 0 Å². The van der Waals surface area contributed by atoms with Crippen LogP contribution in [0.3, 0.4) is 0 Å². The summed E-state index contributed by atoms with van der Waals surface area (Å²) in [6, 6.07) is 2.20. The molecular weight excluding hydrogens is 220 g/mol. The van der Waals surface area contributed by atoms with E-state index in [-0.39, 0.29) is 0 Å². The van der Waals surface area contributed by atoms with Gasteiger partial charge in [0.1, 0.15) is 0 Å². The first-order chi connectivity index (χ1) is 4.97. The van der Waals surface area contributed by atoms with Gasteiger partial charge in [0, 0.05) is 0 Å². The smallest absolute Gasteiger partial charge is 0.0701 e. The number of hydrogen-bond acceptors (Lipinski definition) is 1. The molecule has 0 bridgehead atoms. The molecule has 1 heterocycles. The molecule has 62 valence electrons. The molecule has 0 aliphatic heterocycles. The monoisotopic (exact) mass is 232 g/mol. The molecule has 1 aromatic rings. The summed E-state index contributed by atoms with van der Waals surface area (Å²) in [6.07, 6.45) is 1.16. The molecule has 0 saturated heterocycles. The van der Waals surface area contributed by atoms with Crippen LogP contribution in [0.2, 0.25) is 0 Å². The molecule has 1 aromatic heterocycles. The molecule has 0 aromatic carbocycles. The van der Waals surface area contributed by atoms with Gasteiger partial charge in [-0.15, -0.1) is 11.3 Å². The third-order valence-electron chi connectivity index (χ3n) is 1.36. The van der Waals surface area contributed by atoms with Gasteiger partial charge < -0.3 is 0 Å². The van der Waals surface area contributed by atoms with Crippen molar-refractivity contribution in [2.75, 3.05) is 0 Å². The van der Waals surface area contributed by atoms with Gasteiger partial charge in [-0.1, -0.05) is 20.8 Å². The normalized spacial score (nSPS) is 12.0. The van der Waals surface area contributed by atoms with Gasteiger partial charge in [0.2, 0.25) is 0 Å². The Hall–Kier alpha value is 0.180. The molecule has 2 heteroatoms. The van der Waals surface area contributed by atoms with Crippen molar-refractivity contribution in [1.29, 1.82) is 0 Å². The molecule has 0 N–H and O–H groups in total. The van der Waals surface area contributed by atoms with Gasteiger partial charge in [-0.25, -0.2) is 0 Å². The first kappa shape index (κ1) is 9.27. The number of thiophene rings is 1. The van der Waals surface area contributed by atoms with Crippen molar-refractivity contribution in [3.63, 3.8) is 0 Å². The summed E-state index contributed by atoms with van der Waals surface area (Å²) in [5, 5.41) is 2.22. The average Bonchev–Trinajstić information content (AvgIpc) is 2.10. The average molecular weight is 233 g/mol. The largest absolute Gasteiger partial charge is 0.137 e. The van der Waals surface area contributed by atoms with Crippen molar-refractivity contribution in [3.8, 4) is 0 Å². The maximum Gasteiger partial charge on any atom is 0.0701 e. The van der Waals surface area contributed by atoms with Crippen LogP contribution >= 0.6 is 27.3 Å². The summed E-state index contributed by atoms with van der Waals surface area (Å²) < 4.78 is 1.23. The number of halogens is 1. The summed E-state index contributed by atoms with van der Waals surface area (Å²) in [4.78, 5) is 0. The van der Waals surface area contributed by atoms with Gasteiger partial charge in [0.25, 0.3) is 0 Å². The van der Waals surface area contributed by atoms with E-state index in [4.69, 9.17) is 0 Å². The van der Waals surface area contributed by atoms with Gasteiger partial charge in [0.15, 0.2) is 0 Å². The Morgan fingerprint density at radius 1 is 1.45 bits per heavy atom. The van der Waals surface area contributed by atoms with Crippen LogP contribution in [0.4, 0.5) is 0 Å². The van der Waals surface area contributed by atoms with E-state index in [1.807, 2.05) is 0 Å². The van der Waals surface area contributed by atoms with E-state index in [9.17, 15) is 0 Å². The lowest BCUT2D eigenvalue weighted by Crippen LogP contribution is -2.07. The van der Waals surface area contributed by atoms with Crippen LogP contribution in [-0.4, -0.2) is 0 Å². The molecule has 0 radical (unpaired) electrons. The topological polar surface area (TPSA) is 0 Å². The Kier molecular flexibility index (Phi) is 2.76. The summed E-state index contributed by atoms with van der Waals surface area (Å²) in [6.45, 7) is 6.79. The molecule has 1 rings (SSSR count). The van der Waals surface area contributed by atoms with Crippen molar-refractivity contribution in [3.05, 3.63) is 20.8 Å². The molecule has 0 aliphatic rings. The molecule has 0 unspecified atom stereocenters. The van der Waals surface area contributed by atoms with E-state index >= 15 is 0 Å². The van der Waals surface area contributed by atoms with E-state index in [1.54, 1.807) is 11.3 Å². The van der Waals surface area contributed by atoms with Crippen molar-refractivity contribution >= 4 is 27.3 Å². The number of hydrogen-bond donors (Lipinski definition) is 0. The van der Waals surface area contributed by atoms with E-state index in [2.05, 4.69) is 48.1 Å². The van der Waals surface area contributed by atoms with E-state index in [0.29, 0.717) is 5.41 Å². The molecule has 0 aliphatic carbocycles. The fourth-order valence-electron chi connectivity index (χ4n) is 1.05. The van der Waals surface area contributed by atoms with Crippen LogP contribution < -0.4 is 0 Å². The first-order valence-electron chi connectivity index (χ1n) is 3.70. The number of rotatable bonds is 1. The second kappa shape index (κ2) is 3.28. The minimum atomic E-state index is 0.403. The quantitative estimate of drug-likeness (QED) is 0.685. The van der Waals surface area contributed by atoms with Gasteiger partial charge in [-0.3, -0.25) is 0 Å². The van der Waals surface area contributed by atoms with Crippen LogP contribution in [0, 0.1) is 5.41 Å². The molecular formula is C9H13BrS. The van der Waals surface area contributed by atoms with Crippen LogP contribution in [0.5, 0.6) is 0 Å². The molecule has 0 amide bonds. The highest BCUT2D eigenvalue weighted by molar-refractivity contribution is 9.11. The van der Waals surface area contributed by atoms with Crippen molar-refractivity contribution in [2.45, 2.75) is 27.2 Å². The van der Waals surface area contributed by atoms with Crippen molar-refractivity contribution in [1.82, 2.24) is 0 Å². The fourth-order valence-corrected chi connectivity index (χ4v) is 2.26. The lowest BCUT2D eigenvalue weighted by Gasteiger charge is -2.16. The minimum Gasteiger partial charge on any atom is -0.137 e. The fraction of sp³-hybridized carbons (Fsp3) is 0.556. The van der Waals surface area contributed by atoms with Gasteiger partial charge in [-0.05, 0) is 44.8 Å². The highest BCUT2D eigenvalue weighted by Gasteiger charge is 2.11. The Labute approximate surface area is 80.8 Å². The van der Waals surface area contributed by atoms with Gasteiger partial charge >= 0.3 is 0 Å². The summed E-state index contributed by atoms with van der Waals surface area (Å²) in [5.41, 5.74) is 1.84. The van der Waals surface area contributed by atoms with Crippen LogP contribution in [0.1, 0.15) is 26.3 Å². The summed E-state index contributed by atoms with van der Waals surface area (Å²) >= 11 is 5.22. The maximum absolute atomic E-state index is 3.46. The van der Waals surface area contributed by atoms with E-state index < -0.39 is 0 Å². The third kappa shape index (κ3) is 3.39. The lowest BCUT2D eigenvalue weighted by atomic mass is 9.89. The molecule has 0 spiro atoms. The first-order valence-corrected chi connectivity index (χ1v) is 5.37. The van der Waals surface area contributed by atoms with Crippen LogP contribution in [-0.2, 0) is 6.42 Å². The molecule has 0 fully saturated rings. The van der Waals surface area contributed by atoms with Gasteiger partial charge in [0.05, 0.1) is 3.79 Å². The Balaban J connectivity index is 2.65. The lowest BCUT2D eigenvalue weighted by molar-refractivity contribution is 0.412.